The number of nitrogens with one attached hydrogen (secondary N) is 4. The minimum atomic E-state index is -0.479. The zero-order chi connectivity index (χ0) is 35.8. The highest BCUT2D eigenvalue weighted by Gasteiger charge is 2.22. The van der Waals surface area contributed by atoms with Crippen LogP contribution < -0.4 is 27.0 Å². The number of amides is 2. The number of rotatable bonds is 11. The number of nitrogens with two attached hydrogens (primary N) is 1. The molecule has 4 heterocycles. The van der Waals surface area contributed by atoms with Gasteiger partial charge in [-0.25, -0.2) is 0 Å². The number of aromatic nitrogens is 2. The topological polar surface area (TPSA) is 222 Å². The fraction of sp³-hybridized carbons (Fsp3) is 0.412. The molecule has 2 atom stereocenters. The van der Waals surface area contributed by atoms with Crippen molar-refractivity contribution >= 4 is 34.6 Å². The van der Waals surface area contributed by atoms with E-state index in [0.717, 1.165) is 46.7 Å². The third-order valence-electron chi connectivity index (χ3n) is 8.36. The minimum Gasteiger partial charge on any atom is -0.397 e. The molecule has 50 heavy (non-hydrogen) atoms. The molecule has 0 aliphatic carbocycles. The standard InChI is InChI=1S/C17H20N4O5.C17H22N4O3/c1-10-17(11(2)26-20-10)12-3-4-14(15(7-12)21(23)24)18-8-16(22)19-13-5-6-25-9-13;1-10-17(11(2)24-21-10)12-3-4-15(14(18)7-12)19-8-16(22)20-13-5-6-23-9-13/h3-4,7,13,18H,5-6,8-9H2,1-2H3,(H,19,22);3-4,7,13,19H,5-6,8-9,18H2,1-2H3,(H,20,22). The minimum absolute atomic E-state index is 0.00111. The SMILES string of the molecule is Cc1noc(C)c1-c1ccc(NCC(=O)NC2CCOC2)c(N)c1.Cc1noc(C)c1-c1ccc(NCC(=O)NC2CCOC2)c([N+](=O)[O-])c1. The number of nitrogen functional groups attached to an aromatic ring is 1. The molecule has 2 amide bonds. The van der Waals surface area contributed by atoms with E-state index in [4.69, 9.17) is 24.3 Å². The van der Waals surface area contributed by atoms with Crippen molar-refractivity contribution in [3.05, 3.63) is 69.4 Å². The van der Waals surface area contributed by atoms with Gasteiger partial charge in [-0.15, -0.1) is 0 Å². The molecule has 2 aliphatic rings. The number of nitro benzene ring substituents is 1. The molecular formula is C34H42N8O8. The van der Waals surface area contributed by atoms with E-state index in [-0.39, 0.29) is 48.4 Å². The predicted octanol–water partition coefficient (Wildman–Crippen LogP) is 4.04. The summed E-state index contributed by atoms with van der Waals surface area (Å²) in [5.41, 5.74) is 12.3. The van der Waals surface area contributed by atoms with Crippen molar-refractivity contribution < 1.29 is 33.0 Å². The fourth-order valence-corrected chi connectivity index (χ4v) is 5.86. The molecule has 0 bridgehead atoms. The molecule has 2 unspecified atom stereocenters. The van der Waals surface area contributed by atoms with Crippen LogP contribution in [0.25, 0.3) is 22.3 Å². The van der Waals surface area contributed by atoms with E-state index < -0.39 is 4.92 Å². The summed E-state index contributed by atoms with van der Waals surface area (Å²) in [4.78, 5) is 34.9. The summed E-state index contributed by atoms with van der Waals surface area (Å²) in [6.07, 6.45) is 1.64. The number of nitro groups is 1. The molecule has 16 nitrogen and oxygen atoms in total. The lowest BCUT2D eigenvalue weighted by Crippen LogP contribution is -2.38. The van der Waals surface area contributed by atoms with Crippen LogP contribution in [0.2, 0.25) is 0 Å². The Morgan fingerprint density at radius 2 is 1.28 bits per heavy atom. The van der Waals surface area contributed by atoms with E-state index >= 15 is 0 Å². The second-order valence-electron chi connectivity index (χ2n) is 12.2. The first-order chi connectivity index (χ1) is 24.0. The third kappa shape index (κ3) is 8.95. The normalized spacial score (nSPS) is 16.7. The summed E-state index contributed by atoms with van der Waals surface area (Å²) >= 11 is 0. The highest BCUT2D eigenvalue weighted by atomic mass is 16.6. The van der Waals surface area contributed by atoms with Crippen LogP contribution >= 0.6 is 0 Å². The van der Waals surface area contributed by atoms with Crippen LogP contribution in [-0.4, -0.2) is 78.7 Å². The van der Waals surface area contributed by atoms with Gasteiger partial charge in [0.25, 0.3) is 5.69 Å². The van der Waals surface area contributed by atoms with Crippen LogP contribution in [0.15, 0.2) is 45.4 Å². The zero-order valence-corrected chi connectivity index (χ0v) is 28.5. The Morgan fingerprint density at radius 1 is 0.800 bits per heavy atom. The molecule has 0 radical (unpaired) electrons. The van der Waals surface area contributed by atoms with Crippen molar-refractivity contribution in [2.24, 2.45) is 0 Å². The number of hydrogen-bond donors (Lipinski definition) is 5. The van der Waals surface area contributed by atoms with Crippen molar-refractivity contribution in [2.75, 3.05) is 55.9 Å². The van der Waals surface area contributed by atoms with Gasteiger partial charge in [0.05, 0.1) is 66.1 Å². The molecular weight excluding hydrogens is 648 g/mol. The van der Waals surface area contributed by atoms with E-state index in [2.05, 4.69) is 31.6 Å². The Balaban J connectivity index is 0.000000195. The number of hydrogen-bond acceptors (Lipinski definition) is 13. The number of ether oxygens (including phenoxy) is 2. The van der Waals surface area contributed by atoms with E-state index in [0.29, 0.717) is 49.1 Å². The van der Waals surface area contributed by atoms with E-state index in [1.807, 2.05) is 32.0 Å². The maximum Gasteiger partial charge on any atom is 0.292 e. The molecule has 2 aliphatic heterocycles. The average Bonchev–Trinajstić information content (AvgIpc) is 3.91. The van der Waals surface area contributed by atoms with Crippen LogP contribution in [0, 0.1) is 37.8 Å². The maximum atomic E-state index is 12.0. The molecule has 2 aromatic heterocycles. The maximum absolute atomic E-state index is 12.0. The van der Waals surface area contributed by atoms with Crippen molar-refractivity contribution in [3.8, 4) is 22.3 Å². The lowest BCUT2D eigenvalue weighted by atomic mass is 10.0. The largest absolute Gasteiger partial charge is 0.397 e. The number of carbonyl (C=O) groups excluding carboxylic acids is 2. The molecule has 6 rings (SSSR count). The molecule has 16 heteroatoms. The van der Waals surface area contributed by atoms with Gasteiger partial charge in [0.15, 0.2) is 0 Å². The van der Waals surface area contributed by atoms with Gasteiger partial charge in [0, 0.05) is 30.4 Å². The molecule has 2 saturated heterocycles. The van der Waals surface area contributed by atoms with E-state index in [9.17, 15) is 19.7 Å². The second-order valence-corrected chi connectivity index (χ2v) is 12.2. The monoisotopic (exact) mass is 690 g/mol. The van der Waals surface area contributed by atoms with Gasteiger partial charge in [0.1, 0.15) is 17.2 Å². The van der Waals surface area contributed by atoms with E-state index in [1.165, 1.54) is 6.07 Å². The first-order valence-electron chi connectivity index (χ1n) is 16.3. The first kappa shape index (κ1) is 35.8. The van der Waals surface area contributed by atoms with Crippen molar-refractivity contribution in [3.63, 3.8) is 0 Å². The lowest BCUT2D eigenvalue weighted by molar-refractivity contribution is -0.383. The van der Waals surface area contributed by atoms with Crippen LogP contribution in [-0.2, 0) is 19.1 Å². The molecule has 0 spiro atoms. The summed E-state index contributed by atoms with van der Waals surface area (Å²) in [6.45, 7) is 9.83. The third-order valence-corrected chi connectivity index (χ3v) is 8.36. The molecule has 266 valence electrons. The highest BCUT2D eigenvalue weighted by molar-refractivity contribution is 5.84. The Bertz CT molecular complexity index is 1790. The Labute approximate surface area is 288 Å². The second kappa shape index (κ2) is 16.3. The van der Waals surface area contributed by atoms with Crippen LogP contribution in [0.5, 0.6) is 0 Å². The van der Waals surface area contributed by atoms with Gasteiger partial charge in [-0.05, 0) is 69.9 Å². The first-order valence-corrected chi connectivity index (χ1v) is 16.3. The summed E-state index contributed by atoms with van der Waals surface area (Å²) in [7, 11) is 0. The predicted molar refractivity (Wildman–Crippen MR) is 186 cm³/mol. The number of benzene rings is 2. The molecule has 2 aromatic carbocycles. The highest BCUT2D eigenvalue weighted by Crippen LogP contribution is 2.34. The molecule has 6 N–H and O–H groups in total. The van der Waals surface area contributed by atoms with Crippen molar-refractivity contribution in [1.29, 1.82) is 0 Å². The molecule has 4 aromatic rings. The zero-order valence-electron chi connectivity index (χ0n) is 28.5. The summed E-state index contributed by atoms with van der Waals surface area (Å²) in [6, 6.07) is 10.6. The number of nitrogens with zero attached hydrogens (tertiary/aromatic N) is 3. The van der Waals surface area contributed by atoms with Gasteiger partial charge in [-0.1, -0.05) is 22.4 Å². The molecule has 0 saturated carbocycles. The van der Waals surface area contributed by atoms with Gasteiger partial charge < -0.3 is 45.5 Å². The van der Waals surface area contributed by atoms with Crippen molar-refractivity contribution in [1.82, 2.24) is 20.9 Å². The van der Waals surface area contributed by atoms with Crippen LogP contribution in [0.3, 0.4) is 0 Å². The summed E-state index contributed by atoms with van der Waals surface area (Å²) < 4.78 is 20.8. The number of anilines is 3. The van der Waals surface area contributed by atoms with Crippen molar-refractivity contribution in [2.45, 2.75) is 52.6 Å². The Kier molecular flexibility index (Phi) is 11.7. The van der Waals surface area contributed by atoms with Crippen LogP contribution in [0.1, 0.15) is 35.7 Å². The number of carbonyl (C=O) groups is 2. The van der Waals surface area contributed by atoms with Gasteiger partial charge >= 0.3 is 0 Å². The summed E-state index contributed by atoms with van der Waals surface area (Å²) in [5.74, 6) is 1.05. The average molecular weight is 691 g/mol. The lowest BCUT2D eigenvalue weighted by Gasteiger charge is -2.13. The summed E-state index contributed by atoms with van der Waals surface area (Å²) in [5, 5.41) is 30.9. The number of aryl methyl sites for hydroxylation is 4. The fourth-order valence-electron chi connectivity index (χ4n) is 5.86. The van der Waals surface area contributed by atoms with Gasteiger partial charge in [0.2, 0.25) is 11.8 Å². The van der Waals surface area contributed by atoms with Crippen LogP contribution in [0.4, 0.5) is 22.7 Å². The Morgan fingerprint density at radius 3 is 1.70 bits per heavy atom. The van der Waals surface area contributed by atoms with Gasteiger partial charge in [-0.2, -0.15) is 0 Å². The quantitative estimate of drug-likeness (QED) is 0.0853. The Hall–Kier alpha value is -5.48. The molecule has 2 fully saturated rings. The van der Waals surface area contributed by atoms with E-state index in [1.54, 1.807) is 26.0 Å². The van der Waals surface area contributed by atoms with Gasteiger partial charge in [-0.3, -0.25) is 19.7 Å². The smallest absolute Gasteiger partial charge is 0.292 e.